The SMILES string of the molecule is Cc1nn(CC(=O)Nc2nc3c(s2)CN(C(=O)OC(C)(C)C)CC3)c(C)c1[N+](=O)[O-]. The minimum atomic E-state index is -0.567. The van der Waals surface area contributed by atoms with Crippen molar-refractivity contribution in [3.8, 4) is 0 Å². The first-order valence-electron chi connectivity index (χ1n) is 9.39. The van der Waals surface area contributed by atoms with Gasteiger partial charge in [-0.25, -0.2) is 9.78 Å². The fourth-order valence-corrected chi connectivity index (χ4v) is 4.17. The van der Waals surface area contributed by atoms with Gasteiger partial charge < -0.3 is 15.0 Å². The van der Waals surface area contributed by atoms with Crippen LogP contribution in [0.2, 0.25) is 0 Å². The van der Waals surface area contributed by atoms with Gasteiger partial charge in [0.15, 0.2) is 5.13 Å². The van der Waals surface area contributed by atoms with Crippen LogP contribution in [0.3, 0.4) is 0 Å². The number of nitro groups is 1. The molecular weight excluding hydrogens is 412 g/mol. The molecule has 0 aromatic carbocycles. The molecule has 0 unspecified atom stereocenters. The molecule has 2 aromatic heterocycles. The standard InChI is InChI=1S/C18H24N6O5S/c1-10-15(24(27)28)11(2)23(21-10)9-14(25)20-16-19-12-6-7-22(8-13(12)30-16)17(26)29-18(3,4)5/h6-9H2,1-5H3,(H,19,20,25). The monoisotopic (exact) mass is 436 g/mol. The van der Waals surface area contributed by atoms with Gasteiger partial charge in [0, 0.05) is 17.8 Å². The number of ether oxygens (including phenoxy) is 1. The third kappa shape index (κ3) is 4.75. The summed E-state index contributed by atoms with van der Waals surface area (Å²) in [5, 5.41) is 18.3. The summed E-state index contributed by atoms with van der Waals surface area (Å²) in [6, 6.07) is 0. The molecule has 11 nitrogen and oxygen atoms in total. The number of aryl methyl sites for hydroxylation is 1. The highest BCUT2D eigenvalue weighted by Crippen LogP contribution is 2.29. The molecule has 12 heteroatoms. The lowest BCUT2D eigenvalue weighted by Gasteiger charge is -2.29. The summed E-state index contributed by atoms with van der Waals surface area (Å²) in [6.07, 6.45) is 0.197. The fourth-order valence-electron chi connectivity index (χ4n) is 3.13. The van der Waals surface area contributed by atoms with Crippen LogP contribution in [0.15, 0.2) is 0 Å². The highest BCUT2D eigenvalue weighted by atomic mass is 32.1. The van der Waals surface area contributed by atoms with E-state index < -0.39 is 10.5 Å². The van der Waals surface area contributed by atoms with E-state index in [1.54, 1.807) is 11.8 Å². The molecule has 162 valence electrons. The van der Waals surface area contributed by atoms with Crippen molar-refractivity contribution in [1.82, 2.24) is 19.7 Å². The van der Waals surface area contributed by atoms with Crippen molar-refractivity contribution in [1.29, 1.82) is 0 Å². The van der Waals surface area contributed by atoms with Crippen molar-refractivity contribution in [2.75, 3.05) is 11.9 Å². The number of fused-ring (bicyclic) bond motifs is 1. The Morgan fingerprint density at radius 1 is 1.33 bits per heavy atom. The van der Waals surface area contributed by atoms with Gasteiger partial charge in [0.25, 0.3) is 0 Å². The summed E-state index contributed by atoms with van der Waals surface area (Å²) in [6.45, 7) is 9.25. The Labute approximate surface area is 177 Å². The van der Waals surface area contributed by atoms with E-state index in [-0.39, 0.29) is 29.9 Å². The highest BCUT2D eigenvalue weighted by Gasteiger charge is 2.28. The molecule has 1 aliphatic rings. The third-order valence-corrected chi connectivity index (χ3v) is 5.45. The van der Waals surface area contributed by atoms with Crippen LogP contribution in [0, 0.1) is 24.0 Å². The van der Waals surface area contributed by atoms with Crippen LogP contribution in [0.5, 0.6) is 0 Å². The molecule has 0 radical (unpaired) electrons. The predicted molar refractivity (Wildman–Crippen MR) is 109 cm³/mol. The quantitative estimate of drug-likeness (QED) is 0.575. The number of thiazole rings is 1. The third-order valence-electron chi connectivity index (χ3n) is 4.45. The smallest absolute Gasteiger partial charge is 0.410 e. The molecule has 30 heavy (non-hydrogen) atoms. The van der Waals surface area contributed by atoms with Gasteiger partial charge >= 0.3 is 11.8 Å². The van der Waals surface area contributed by atoms with Gasteiger partial charge in [-0.05, 0) is 34.6 Å². The van der Waals surface area contributed by atoms with E-state index in [1.807, 2.05) is 20.8 Å². The Hall–Kier alpha value is -3.02. The van der Waals surface area contributed by atoms with Crippen LogP contribution in [0.1, 0.15) is 42.7 Å². The number of nitrogens with zero attached hydrogens (tertiary/aromatic N) is 5. The van der Waals surface area contributed by atoms with E-state index in [0.717, 1.165) is 10.6 Å². The predicted octanol–water partition coefficient (Wildman–Crippen LogP) is 2.80. The van der Waals surface area contributed by atoms with Crippen LogP contribution in [0.4, 0.5) is 15.6 Å². The first-order valence-corrected chi connectivity index (χ1v) is 10.2. The zero-order valence-electron chi connectivity index (χ0n) is 17.5. The summed E-state index contributed by atoms with van der Waals surface area (Å²) < 4.78 is 6.72. The summed E-state index contributed by atoms with van der Waals surface area (Å²) in [5.41, 5.74) is 0.769. The van der Waals surface area contributed by atoms with Crippen LogP contribution < -0.4 is 5.32 Å². The lowest BCUT2D eigenvalue weighted by Crippen LogP contribution is -2.39. The van der Waals surface area contributed by atoms with Crippen molar-refractivity contribution in [2.45, 2.75) is 59.7 Å². The Kier molecular flexibility index (Phi) is 5.79. The topological polar surface area (TPSA) is 132 Å². The average Bonchev–Trinajstić information content (AvgIpc) is 3.12. The van der Waals surface area contributed by atoms with Crippen LogP contribution >= 0.6 is 11.3 Å². The number of rotatable bonds is 4. The van der Waals surface area contributed by atoms with E-state index in [1.165, 1.54) is 22.9 Å². The molecule has 2 amide bonds. The number of carbonyl (C=O) groups is 2. The number of aromatic nitrogens is 3. The molecule has 0 saturated carbocycles. The van der Waals surface area contributed by atoms with Gasteiger partial charge in [0.05, 0.1) is 17.2 Å². The molecule has 1 N–H and O–H groups in total. The van der Waals surface area contributed by atoms with Crippen molar-refractivity contribution in [2.24, 2.45) is 0 Å². The van der Waals surface area contributed by atoms with Crippen LogP contribution in [0.25, 0.3) is 0 Å². The van der Waals surface area contributed by atoms with Crippen molar-refractivity contribution in [3.05, 3.63) is 32.1 Å². The Morgan fingerprint density at radius 3 is 2.63 bits per heavy atom. The highest BCUT2D eigenvalue weighted by molar-refractivity contribution is 7.15. The van der Waals surface area contributed by atoms with E-state index in [0.29, 0.717) is 30.3 Å². The zero-order chi connectivity index (χ0) is 22.2. The molecular formula is C18H24N6O5S. The lowest BCUT2D eigenvalue weighted by atomic mass is 10.2. The summed E-state index contributed by atoms with van der Waals surface area (Å²) in [4.78, 5) is 42.2. The maximum Gasteiger partial charge on any atom is 0.410 e. The largest absolute Gasteiger partial charge is 0.444 e. The van der Waals surface area contributed by atoms with E-state index in [4.69, 9.17) is 4.74 Å². The number of carbonyl (C=O) groups excluding carboxylic acids is 2. The minimum Gasteiger partial charge on any atom is -0.444 e. The molecule has 0 aliphatic carbocycles. The van der Waals surface area contributed by atoms with Gasteiger partial charge in [-0.3, -0.25) is 19.6 Å². The lowest BCUT2D eigenvalue weighted by molar-refractivity contribution is -0.386. The fraction of sp³-hybridized carbons (Fsp3) is 0.556. The van der Waals surface area contributed by atoms with Gasteiger partial charge in [0.1, 0.15) is 23.5 Å². The van der Waals surface area contributed by atoms with Gasteiger partial charge in [-0.1, -0.05) is 11.3 Å². The first kappa shape index (κ1) is 21.7. The summed E-state index contributed by atoms with van der Waals surface area (Å²) in [7, 11) is 0. The molecule has 3 heterocycles. The van der Waals surface area contributed by atoms with Gasteiger partial charge in [0.2, 0.25) is 5.91 Å². The molecule has 0 atom stereocenters. The molecule has 0 fully saturated rings. The molecule has 2 aromatic rings. The Bertz CT molecular complexity index is 1010. The molecule has 0 bridgehead atoms. The van der Waals surface area contributed by atoms with Crippen molar-refractivity contribution in [3.63, 3.8) is 0 Å². The molecule has 0 spiro atoms. The second-order valence-corrected chi connectivity index (χ2v) is 9.11. The molecule has 0 saturated heterocycles. The van der Waals surface area contributed by atoms with E-state index >= 15 is 0 Å². The van der Waals surface area contributed by atoms with Gasteiger partial charge in [-0.2, -0.15) is 5.10 Å². The van der Waals surface area contributed by atoms with Crippen LogP contribution in [-0.2, 0) is 29.0 Å². The first-order chi connectivity index (χ1) is 13.9. The van der Waals surface area contributed by atoms with E-state index in [2.05, 4.69) is 15.4 Å². The number of hydrogen-bond acceptors (Lipinski definition) is 8. The molecule has 1 aliphatic heterocycles. The second kappa shape index (κ2) is 8.01. The molecule has 3 rings (SSSR count). The summed E-state index contributed by atoms with van der Waals surface area (Å²) in [5.74, 6) is -0.384. The minimum absolute atomic E-state index is 0.0882. The second-order valence-electron chi connectivity index (χ2n) is 8.02. The Morgan fingerprint density at radius 2 is 2.03 bits per heavy atom. The number of nitrogens with one attached hydrogen (secondary N) is 1. The van der Waals surface area contributed by atoms with Crippen LogP contribution in [-0.4, -0.2) is 48.7 Å². The van der Waals surface area contributed by atoms with Crippen molar-refractivity contribution < 1.29 is 19.2 Å². The Balaban J connectivity index is 1.65. The number of anilines is 1. The average molecular weight is 436 g/mol. The maximum atomic E-state index is 12.4. The maximum absolute atomic E-state index is 12.4. The summed E-state index contributed by atoms with van der Waals surface area (Å²) >= 11 is 1.30. The zero-order valence-corrected chi connectivity index (χ0v) is 18.3. The number of hydrogen-bond donors (Lipinski definition) is 1. The normalized spacial score (nSPS) is 13.7. The van der Waals surface area contributed by atoms with Crippen molar-refractivity contribution >= 4 is 34.2 Å². The number of amides is 2. The van der Waals surface area contributed by atoms with Gasteiger partial charge in [-0.15, -0.1) is 0 Å². The van der Waals surface area contributed by atoms with E-state index in [9.17, 15) is 19.7 Å².